The van der Waals surface area contributed by atoms with E-state index in [2.05, 4.69) is 45.0 Å². The lowest BCUT2D eigenvalue weighted by Crippen LogP contribution is -2.57. The van der Waals surface area contributed by atoms with E-state index in [9.17, 15) is 24.3 Å². The number of aliphatic imine (C=N–C) groups is 1. The van der Waals surface area contributed by atoms with Gasteiger partial charge in [-0.15, -0.1) is 32.9 Å². The van der Waals surface area contributed by atoms with Crippen molar-refractivity contribution in [3.63, 3.8) is 0 Å². The zero-order valence-electron chi connectivity index (χ0n) is 42.7. The topological polar surface area (TPSA) is 193 Å². The van der Waals surface area contributed by atoms with Crippen LogP contribution in [0.15, 0.2) is 83.3 Å². The van der Waals surface area contributed by atoms with Gasteiger partial charge in [0.05, 0.1) is 46.9 Å². The van der Waals surface area contributed by atoms with Gasteiger partial charge in [0.15, 0.2) is 5.82 Å². The highest BCUT2D eigenvalue weighted by atomic mass is 35.5. The minimum Gasteiger partial charge on any atom is -0.489 e. The number of aryl methyl sites for hydroxylation is 4. The molecular formula is C55H62ClN9O6S2. The molecule has 0 saturated carbocycles. The van der Waals surface area contributed by atoms with Crippen molar-refractivity contribution in [2.24, 2.45) is 10.4 Å². The molecule has 15 nitrogen and oxygen atoms in total. The van der Waals surface area contributed by atoms with E-state index in [-0.39, 0.29) is 43.8 Å². The molecule has 0 aliphatic carbocycles. The summed E-state index contributed by atoms with van der Waals surface area (Å²) in [5.41, 5.74) is 9.29. The summed E-state index contributed by atoms with van der Waals surface area (Å²) in [6.45, 7) is 19.4. The van der Waals surface area contributed by atoms with Crippen LogP contribution >= 0.6 is 34.3 Å². The number of hydrogen-bond acceptors (Lipinski definition) is 12. The first-order valence-electron chi connectivity index (χ1n) is 24.3. The third kappa shape index (κ3) is 11.8. The molecule has 2 aliphatic rings. The van der Waals surface area contributed by atoms with Crippen molar-refractivity contribution >= 4 is 69.7 Å². The van der Waals surface area contributed by atoms with Crippen molar-refractivity contribution in [1.82, 2.24) is 40.6 Å². The molecule has 5 heterocycles. The number of hydrogen-bond donors (Lipinski definition) is 4. The average molecular weight is 1040 g/mol. The van der Waals surface area contributed by atoms with E-state index in [1.54, 1.807) is 28.7 Å². The fourth-order valence-electron chi connectivity index (χ4n) is 9.15. The second-order valence-corrected chi connectivity index (χ2v) is 22.5. The predicted octanol–water partition coefficient (Wildman–Crippen LogP) is 8.90. The largest absolute Gasteiger partial charge is 0.489 e. The highest BCUT2D eigenvalue weighted by Crippen LogP contribution is 2.40. The minimum absolute atomic E-state index is 0.0260. The Morgan fingerprint density at radius 1 is 0.945 bits per heavy atom. The fourth-order valence-corrected chi connectivity index (χ4v) is 11.3. The number of halogens is 1. The van der Waals surface area contributed by atoms with Crippen LogP contribution in [0.4, 0.5) is 0 Å². The van der Waals surface area contributed by atoms with Gasteiger partial charge in [0.2, 0.25) is 23.6 Å². The summed E-state index contributed by atoms with van der Waals surface area (Å²) < 4.78 is 8.28. The summed E-state index contributed by atoms with van der Waals surface area (Å²) in [6, 6.07) is 18.1. The summed E-state index contributed by atoms with van der Waals surface area (Å²) >= 11 is 9.49. The zero-order chi connectivity index (χ0) is 52.5. The third-order valence-corrected chi connectivity index (χ3v) is 15.8. The van der Waals surface area contributed by atoms with E-state index in [0.717, 1.165) is 59.5 Å². The Bertz CT molecular complexity index is 3100. The number of β-amino-alcohol motifs (C(OH)–C–C–N with tert-alkyl or cyclic N) is 1. The molecule has 6 aromatic rings. The van der Waals surface area contributed by atoms with E-state index < -0.39 is 47.6 Å². The van der Waals surface area contributed by atoms with Gasteiger partial charge in [0, 0.05) is 40.1 Å². The van der Waals surface area contributed by atoms with Crippen LogP contribution in [0.1, 0.15) is 115 Å². The number of aliphatic hydroxyl groups is 1. The van der Waals surface area contributed by atoms with Crippen LogP contribution in [-0.2, 0) is 19.2 Å². The number of thiazole rings is 1. The van der Waals surface area contributed by atoms with E-state index in [0.29, 0.717) is 28.0 Å². The fraction of sp³-hybridized carbons (Fsp3) is 0.382. The number of thiophene rings is 1. The number of nitrogens with zero attached hydrogens (tertiary/aromatic N) is 6. The number of carbonyl (C=O) groups is 4. The number of amides is 4. The highest BCUT2D eigenvalue weighted by molar-refractivity contribution is 7.15. The standard InChI is InChI=1S/C55H62ClN9O6S2/c1-29-11-21-42(71-30(2)26-57-46(68)25-43-51-63-62-35(7)65(51)54-47(31(3)34(6)73-54)48(60-43)37-16-19-40(56)20-17-37)23-39(29)18-22-45(67)61-50(55(8,9)10)53(70)64-27-41(66)24-44(64)52(69)59-32(4)36-12-14-38(15-13-36)49-33(5)58-28-72-49/h11-23,28,30,32,41,43-44,50,66H,24-27H2,1-10H3,(H,57,68)(H,59,69)(H,61,67)/b22-18+/t30-,32-,41+,43-,44-,50+/m0/s1. The van der Waals surface area contributed by atoms with Crippen LogP contribution in [-0.4, -0.2) is 96.5 Å². The molecule has 4 amide bonds. The molecule has 1 fully saturated rings. The van der Waals surface area contributed by atoms with Gasteiger partial charge in [0.1, 0.15) is 40.8 Å². The van der Waals surface area contributed by atoms with E-state index >= 15 is 0 Å². The first-order chi connectivity index (χ1) is 34.7. The molecule has 3 aromatic carbocycles. The summed E-state index contributed by atoms with van der Waals surface area (Å²) in [6.07, 6.45) is 1.79. The number of fused-ring (bicyclic) bond motifs is 3. The van der Waals surface area contributed by atoms with Crippen molar-refractivity contribution in [3.8, 4) is 21.2 Å². The van der Waals surface area contributed by atoms with E-state index in [4.69, 9.17) is 21.3 Å². The molecule has 382 valence electrons. The van der Waals surface area contributed by atoms with Gasteiger partial charge in [-0.05, 0) is 112 Å². The Labute approximate surface area is 439 Å². The Morgan fingerprint density at radius 3 is 2.34 bits per heavy atom. The Hall–Kier alpha value is -6.53. The lowest BCUT2D eigenvalue weighted by atomic mass is 9.85. The number of aliphatic hydroxyl groups excluding tert-OH is 1. The van der Waals surface area contributed by atoms with Gasteiger partial charge >= 0.3 is 0 Å². The van der Waals surface area contributed by atoms with Crippen molar-refractivity contribution in [3.05, 3.63) is 139 Å². The molecule has 0 radical (unpaired) electrons. The Morgan fingerprint density at radius 2 is 1.66 bits per heavy atom. The molecule has 1 saturated heterocycles. The van der Waals surface area contributed by atoms with Gasteiger partial charge in [-0.25, -0.2) is 4.98 Å². The van der Waals surface area contributed by atoms with Gasteiger partial charge in [-0.3, -0.25) is 28.7 Å². The Kier molecular flexibility index (Phi) is 15.8. The second-order valence-electron chi connectivity index (χ2n) is 20.0. The summed E-state index contributed by atoms with van der Waals surface area (Å²) in [5, 5.41) is 30.2. The summed E-state index contributed by atoms with van der Waals surface area (Å²) in [5.74, 6) is 0.248. The first-order valence-corrected chi connectivity index (χ1v) is 26.4. The van der Waals surface area contributed by atoms with Crippen LogP contribution in [0.2, 0.25) is 5.02 Å². The molecule has 0 unspecified atom stereocenters. The molecule has 18 heteroatoms. The van der Waals surface area contributed by atoms with Crippen LogP contribution in [0.5, 0.6) is 5.75 Å². The minimum atomic E-state index is -1.01. The van der Waals surface area contributed by atoms with Gasteiger partial charge in [-0.1, -0.05) is 74.8 Å². The molecule has 0 bridgehead atoms. The van der Waals surface area contributed by atoms with Crippen LogP contribution in [0, 0.1) is 40.0 Å². The number of likely N-dealkylation sites (tertiary alicyclic amines) is 1. The van der Waals surface area contributed by atoms with Crippen molar-refractivity contribution in [2.45, 2.75) is 118 Å². The highest BCUT2D eigenvalue weighted by Gasteiger charge is 2.45. The maximum absolute atomic E-state index is 14.3. The number of nitrogens with one attached hydrogen (secondary N) is 3. The van der Waals surface area contributed by atoms with Crippen molar-refractivity contribution in [1.29, 1.82) is 0 Å². The molecule has 3 aromatic heterocycles. The number of carbonyl (C=O) groups excluding carboxylic acids is 4. The number of aromatic nitrogens is 4. The van der Waals surface area contributed by atoms with Crippen molar-refractivity contribution < 1.29 is 29.0 Å². The van der Waals surface area contributed by atoms with E-state index in [1.807, 2.05) is 132 Å². The molecule has 6 atom stereocenters. The smallest absolute Gasteiger partial charge is 0.246 e. The van der Waals surface area contributed by atoms with Gasteiger partial charge < -0.3 is 30.7 Å². The first kappa shape index (κ1) is 52.8. The van der Waals surface area contributed by atoms with Gasteiger partial charge in [-0.2, -0.15) is 0 Å². The molecule has 8 rings (SSSR count). The number of rotatable bonds is 15. The second kappa shape index (κ2) is 21.9. The molecule has 73 heavy (non-hydrogen) atoms. The Balaban J connectivity index is 0.882. The average Bonchev–Trinajstić information content (AvgIpc) is 4.12. The normalized spacial score (nSPS) is 17.8. The van der Waals surface area contributed by atoms with Crippen LogP contribution in [0.3, 0.4) is 0 Å². The van der Waals surface area contributed by atoms with Crippen LogP contribution < -0.4 is 20.7 Å². The number of ether oxygens (including phenoxy) is 1. The molecule has 2 aliphatic heterocycles. The van der Waals surface area contributed by atoms with Crippen molar-refractivity contribution in [2.75, 3.05) is 13.1 Å². The molecule has 4 N–H and O–H groups in total. The lowest BCUT2D eigenvalue weighted by molar-refractivity contribution is -0.143. The third-order valence-electron chi connectivity index (χ3n) is 13.4. The monoisotopic (exact) mass is 1040 g/mol. The molecule has 0 spiro atoms. The summed E-state index contributed by atoms with van der Waals surface area (Å²) in [7, 11) is 0. The van der Waals surface area contributed by atoms with E-state index in [1.165, 1.54) is 11.0 Å². The quantitative estimate of drug-likeness (QED) is 0.0727. The SMILES string of the molecule is Cc1ccc(O[C@@H](C)CNC(=O)C[C@@H]2N=C(c3ccc(Cl)cc3)c3c(sc(C)c3C)-n3c(C)nnc32)cc1/C=C/C(=O)N[C@H](C(=O)N1C[C@H](O)C[C@H]1C(=O)N[C@@H](C)c1ccc(-c2scnc2C)cc1)C(C)(C)C. The van der Waals surface area contributed by atoms with Gasteiger partial charge in [0.25, 0.3) is 0 Å². The molecular weight excluding hydrogens is 982 g/mol. The van der Waals surface area contributed by atoms with Crippen LogP contribution in [0.25, 0.3) is 21.5 Å². The predicted molar refractivity (Wildman–Crippen MR) is 288 cm³/mol. The number of benzene rings is 3. The lowest BCUT2D eigenvalue weighted by Gasteiger charge is -2.35. The maximum Gasteiger partial charge on any atom is 0.246 e. The maximum atomic E-state index is 14.3. The summed E-state index contributed by atoms with van der Waals surface area (Å²) in [4.78, 5) is 68.6. The zero-order valence-corrected chi connectivity index (χ0v) is 45.1.